The second kappa shape index (κ2) is 47.1. The Morgan fingerprint density at radius 1 is 0.293 bits per heavy atom. The van der Waals surface area contributed by atoms with E-state index in [-0.39, 0.29) is 71.0 Å². The summed E-state index contributed by atoms with van der Waals surface area (Å²) in [5.41, 5.74) is -8.37. The van der Waals surface area contributed by atoms with Crippen LogP contribution >= 0.6 is 0 Å². The monoisotopic (exact) mass is 1450 g/mol. The topological polar surface area (TPSA) is 0 Å². The molecule has 2 fully saturated rings. The minimum absolute atomic E-state index is 0.123. The van der Waals surface area contributed by atoms with Gasteiger partial charge in [0.2, 0.25) is 0 Å². The molecule has 0 nitrogen and oxygen atoms in total. The number of hydrogen-bond donors (Lipinski definition) is 0. The zero-order valence-corrected chi connectivity index (χ0v) is 73.9. The van der Waals surface area contributed by atoms with Gasteiger partial charge >= 0.3 is 12.4 Å². The van der Waals surface area contributed by atoms with Crippen LogP contribution in [0.2, 0.25) is 0 Å². The predicted octanol–water partition coefficient (Wildman–Crippen LogP) is 33.8. The van der Waals surface area contributed by atoms with Crippen molar-refractivity contribution in [1.82, 2.24) is 0 Å². The van der Waals surface area contributed by atoms with E-state index < -0.39 is 57.2 Å². The molecule has 2 aliphatic carbocycles. The fourth-order valence-electron chi connectivity index (χ4n) is 14.8. The lowest BCUT2D eigenvalue weighted by molar-refractivity contribution is -0.248. The van der Waals surface area contributed by atoms with Gasteiger partial charge in [-0.25, -0.2) is 26.3 Å². The van der Waals surface area contributed by atoms with Gasteiger partial charge in [0.1, 0.15) is 34.0 Å². The quantitative estimate of drug-likeness (QED) is 0.0845. The number of hydrogen-bond acceptors (Lipinski definition) is 0. The number of halogens is 12. The zero-order chi connectivity index (χ0) is 81.4. The molecule has 0 heterocycles. The van der Waals surface area contributed by atoms with Crippen LogP contribution in [0.4, 0.5) is 52.7 Å². The van der Waals surface area contributed by atoms with Gasteiger partial charge in [-0.3, -0.25) is 0 Å². The summed E-state index contributed by atoms with van der Waals surface area (Å²) in [6.45, 7) is 81.8. The summed E-state index contributed by atoms with van der Waals surface area (Å²) in [5.74, 6) is 1.80. The smallest absolute Gasteiger partial charge is 0.244 e. The lowest BCUT2D eigenvalue weighted by atomic mass is 9.57. The van der Waals surface area contributed by atoms with Crippen LogP contribution in [0.1, 0.15) is 413 Å². The maximum atomic E-state index is 15.4. The lowest BCUT2D eigenvalue weighted by Crippen LogP contribution is -2.51. The van der Waals surface area contributed by atoms with Gasteiger partial charge in [0, 0.05) is 10.8 Å². The highest BCUT2D eigenvalue weighted by molar-refractivity contribution is 5.02. The number of rotatable bonds is 24. The first kappa shape index (κ1) is 112. The van der Waals surface area contributed by atoms with E-state index in [1.165, 1.54) is 20.3 Å². The van der Waals surface area contributed by atoms with Gasteiger partial charge < -0.3 is 0 Å². The normalized spacial score (nSPS) is 16.5. The minimum atomic E-state index is -4.10. The Kier molecular flexibility index (Phi) is 53.0. The fourth-order valence-corrected chi connectivity index (χ4v) is 14.8. The van der Waals surface area contributed by atoms with E-state index in [9.17, 15) is 43.9 Å². The summed E-state index contributed by atoms with van der Waals surface area (Å²) < 4.78 is 159. The summed E-state index contributed by atoms with van der Waals surface area (Å²) in [6, 6.07) is 0. The van der Waals surface area contributed by atoms with Gasteiger partial charge in [-0.1, -0.05) is 294 Å². The van der Waals surface area contributed by atoms with E-state index in [2.05, 4.69) is 166 Å². The standard InChI is InChI=1S/C16H33F.C14H29F.C12H25F.C9H17F3.C9H17F.C8H17F.C7H13F3.C7H13F.C5H12/c1-10(2)14(11(3)4)16(9,17)15(12(5)6)13(7)8;1-8-12(5,9-2)14(7,15)13(6,10-3)11-4;1-6-10(7-2)12(5,13)11(8-3)9-4;1-6(2)8(5,7(3)4)9(10,11)12;1-8(2)4-6-9(3,10)7-5-8;1-6(2)8(5,9)7(3)4;1-4-6(3,5-2)7(8,9)10;1-7(8)5-3-2-4-6-7;1-5(2,3)4/h10-15H,1-9H3;8-11H2,1-7H3;10-11H,6-9H2,1-5H3;6-7H,1-5H3;4-7H2,1-3H3;6-7H,1-5H3;4-5H2,1-3H3;2-6H2,1H3;1-4H3. The van der Waals surface area contributed by atoms with Crippen LogP contribution in [0.3, 0.4) is 0 Å². The van der Waals surface area contributed by atoms with Gasteiger partial charge in [-0.05, 0) is 200 Å². The minimum Gasteiger partial charge on any atom is -0.244 e. The third kappa shape index (κ3) is 39.5. The van der Waals surface area contributed by atoms with Crippen molar-refractivity contribution in [3.05, 3.63) is 0 Å². The molecule has 0 N–H and O–H groups in total. The molecule has 0 aromatic heterocycles. The highest BCUT2D eigenvalue weighted by atomic mass is 19.4. The summed E-state index contributed by atoms with van der Waals surface area (Å²) in [6.07, 6.45) is 8.21. The highest BCUT2D eigenvalue weighted by Gasteiger charge is 2.56. The first-order chi connectivity index (χ1) is 43.8. The van der Waals surface area contributed by atoms with Crippen molar-refractivity contribution in [2.24, 2.45) is 104 Å². The molecule has 0 aliphatic heterocycles. The maximum Gasteiger partial charge on any atom is 0.394 e. The van der Waals surface area contributed by atoms with E-state index in [1.807, 2.05) is 41.5 Å². The molecule has 2 rings (SSSR count). The van der Waals surface area contributed by atoms with Crippen LogP contribution in [-0.4, -0.2) is 46.4 Å². The predicted molar refractivity (Wildman–Crippen MR) is 418 cm³/mol. The molecule has 0 amide bonds. The molecule has 608 valence electrons. The van der Waals surface area contributed by atoms with Crippen molar-refractivity contribution in [3.8, 4) is 0 Å². The Morgan fingerprint density at radius 3 is 0.636 bits per heavy atom. The molecule has 0 aromatic rings. The summed E-state index contributed by atoms with van der Waals surface area (Å²) in [5, 5.41) is 0. The molecule has 0 saturated heterocycles. The second-order valence-electron chi connectivity index (χ2n) is 37.8. The van der Waals surface area contributed by atoms with Crippen LogP contribution in [0.15, 0.2) is 0 Å². The van der Waals surface area contributed by atoms with Gasteiger partial charge in [0.25, 0.3) is 0 Å². The Hall–Kier alpha value is -0.840. The van der Waals surface area contributed by atoms with Crippen molar-refractivity contribution in [1.29, 1.82) is 0 Å². The van der Waals surface area contributed by atoms with Crippen molar-refractivity contribution < 1.29 is 52.7 Å². The average molecular weight is 1450 g/mol. The van der Waals surface area contributed by atoms with Crippen molar-refractivity contribution in [2.75, 3.05) is 0 Å². The van der Waals surface area contributed by atoms with Crippen LogP contribution in [-0.2, 0) is 0 Å². The average Bonchev–Trinajstić information content (AvgIpc) is 0.770. The van der Waals surface area contributed by atoms with Gasteiger partial charge in [0.15, 0.2) is 0 Å². The summed E-state index contributed by atoms with van der Waals surface area (Å²) >= 11 is 0. The van der Waals surface area contributed by atoms with E-state index in [4.69, 9.17) is 0 Å². The Labute approximate surface area is 612 Å². The van der Waals surface area contributed by atoms with E-state index in [0.717, 1.165) is 103 Å². The SMILES string of the molecule is CC(C)(C)C.CC(C)C(C(C)C)C(C)(F)C(C(C)C)C(C)C.CC(C)C(C)(C(C)C)C(F)(F)F.CC(C)C(C)(F)C(C)C.CC1(C)CCC(C)(F)CC1.CC1(F)CCCCC1.CCC(C)(CC)C(C)(F)C(C)(CC)CC.CCC(C)(CC)C(F)(F)F.CCC(CC)C(C)(F)C(CC)CC. The molecule has 99 heavy (non-hydrogen) atoms. The highest BCUT2D eigenvalue weighted by Crippen LogP contribution is 2.55. The largest absolute Gasteiger partial charge is 0.394 e. The molecular formula is C87H176F12. The molecule has 2 aliphatic rings. The van der Waals surface area contributed by atoms with Gasteiger partial charge in [0.05, 0.1) is 10.8 Å². The Bertz CT molecular complexity index is 1800. The van der Waals surface area contributed by atoms with E-state index in [1.54, 1.807) is 69.2 Å². The van der Waals surface area contributed by atoms with Gasteiger partial charge in [-0.2, -0.15) is 26.3 Å². The summed E-state index contributed by atoms with van der Waals surface area (Å²) in [4.78, 5) is 0. The molecule has 0 aromatic carbocycles. The van der Waals surface area contributed by atoms with Crippen LogP contribution in [0.25, 0.3) is 0 Å². The zero-order valence-electron chi connectivity index (χ0n) is 73.9. The van der Waals surface area contributed by atoms with Crippen molar-refractivity contribution >= 4 is 0 Å². The Balaban J connectivity index is -0.000000195. The number of alkyl halides is 12. The van der Waals surface area contributed by atoms with Crippen LogP contribution < -0.4 is 0 Å². The van der Waals surface area contributed by atoms with Crippen LogP contribution in [0, 0.1) is 104 Å². The molecule has 0 bridgehead atoms. The van der Waals surface area contributed by atoms with Crippen molar-refractivity contribution in [3.63, 3.8) is 0 Å². The maximum absolute atomic E-state index is 15.4. The molecule has 0 unspecified atom stereocenters. The summed E-state index contributed by atoms with van der Waals surface area (Å²) in [7, 11) is 0. The van der Waals surface area contributed by atoms with Crippen molar-refractivity contribution in [2.45, 2.75) is 459 Å². The lowest BCUT2D eigenvalue weighted by Gasteiger charge is -2.51. The van der Waals surface area contributed by atoms with E-state index >= 15 is 8.78 Å². The molecule has 0 spiro atoms. The second-order valence-corrected chi connectivity index (χ2v) is 37.8. The molecule has 2 saturated carbocycles. The van der Waals surface area contributed by atoms with E-state index in [0.29, 0.717) is 34.5 Å². The third-order valence-electron chi connectivity index (χ3n) is 25.2. The molecule has 0 radical (unpaired) electrons. The first-order valence-electron chi connectivity index (χ1n) is 40.1. The molecular weight excluding hydrogens is 1270 g/mol. The first-order valence-corrected chi connectivity index (χ1v) is 40.1. The third-order valence-corrected chi connectivity index (χ3v) is 25.2. The molecule has 0 atom stereocenters. The van der Waals surface area contributed by atoms with Crippen LogP contribution in [0.5, 0.6) is 0 Å². The van der Waals surface area contributed by atoms with Gasteiger partial charge in [-0.15, -0.1) is 0 Å². The fraction of sp³-hybridized carbons (Fsp3) is 1.00. The molecule has 12 heteroatoms. The Morgan fingerprint density at radius 2 is 0.525 bits per heavy atom.